The van der Waals surface area contributed by atoms with Crippen molar-refractivity contribution in [3.63, 3.8) is 0 Å². The van der Waals surface area contributed by atoms with Crippen molar-refractivity contribution in [2.24, 2.45) is 0 Å². The molecule has 7 heteroatoms. The normalized spacial score (nSPS) is 18.5. The van der Waals surface area contributed by atoms with Gasteiger partial charge >= 0.3 is 0 Å². The molecular formula is C20H28N6O. The van der Waals surface area contributed by atoms with Crippen molar-refractivity contribution in [1.82, 2.24) is 19.9 Å². The first-order valence-electron chi connectivity index (χ1n) is 9.97. The van der Waals surface area contributed by atoms with Gasteiger partial charge in [0.25, 0.3) is 0 Å². The second kappa shape index (κ2) is 9.10. The molecule has 3 heterocycles. The molecule has 2 aromatic heterocycles. The van der Waals surface area contributed by atoms with Crippen molar-refractivity contribution in [3.05, 3.63) is 30.6 Å². The lowest BCUT2D eigenvalue weighted by Crippen LogP contribution is -2.39. The summed E-state index contributed by atoms with van der Waals surface area (Å²) in [6, 6.07) is 6.46. The molecule has 1 aliphatic heterocycles. The Kier molecular flexibility index (Phi) is 6.11. The molecular weight excluding hydrogens is 340 g/mol. The average Bonchev–Trinajstić information content (AvgIpc) is 3.22. The lowest BCUT2D eigenvalue weighted by molar-refractivity contribution is 0.0398. The SMILES string of the molecule is c1cncc(-c2cc(NCCN3CCOCC3)nc(NC3CCCC3)n2)c1. The van der Waals surface area contributed by atoms with Gasteiger partial charge < -0.3 is 15.4 Å². The minimum atomic E-state index is 0.482. The molecule has 7 nitrogen and oxygen atoms in total. The van der Waals surface area contributed by atoms with E-state index in [4.69, 9.17) is 14.7 Å². The van der Waals surface area contributed by atoms with Crippen molar-refractivity contribution < 1.29 is 4.74 Å². The number of rotatable bonds is 7. The first-order chi connectivity index (χ1) is 13.4. The number of pyridine rings is 1. The lowest BCUT2D eigenvalue weighted by Gasteiger charge is -2.26. The van der Waals surface area contributed by atoms with E-state index in [1.54, 1.807) is 6.20 Å². The van der Waals surface area contributed by atoms with Crippen LogP contribution in [0.3, 0.4) is 0 Å². The highest BCUT2D eigenvalue weighted by Crippen LogP contribution is 2.24. The van der Waals surface area contributed by atoms with Gasteiger partial charge in [0, 0.05) is 56.2 Å². The molecule has 2 N–H and O–H groups in total. The Bertz CT molecular complexity index is 714. The number of nitrogens with zero attached hydrogens (tertiary/aromatic N) is 4. The van der Waals surface area contributed by atoms with Crippen LogP contribution in [0.2, 0.25) is 0 Å². The number of aromatic nitrogens is 3. The Morgan fingerprint density at radius 1 is 1.15 bits per heavy atom. The second-order valence-corrected chi connectivity index (χ2v) is 7.21. The second-order valence-electron chi connectivity index (χ2n) is 7.21. The first kappa shape index (κ1) is 18.1. The molecule has 144 valence electrons. The molecule has 4 rings (SSSR count). The molecule has 0 radical (unpaired) electrons. The highest BCUT2D eigenvalue weighted by molar-refractivity contribution is 5.63. The molecule has 27 heavy (non-hydrogen) atoms. The van der Waals surface area contributed by atoms with Crippen molar-refractivity contribution >= 4 is 11.8 Å². The summed E-state index contributed by atoms with van der Waals surface area (Å²) in [4.78, 5) is 16.1. The van der Waals surface area contributed by atoms with Gasteiger partial charge in [-0.25, -0.2) is 4.98 Å². The summed E-state index contributed by atoms with van der Waals surface area (Å²) in [6.07, 6.45) is 8.58. The molecule has 0 atom stereocenters. The van der Waals surface area contributed by atoms with Gasteiger partial charge in [-0.15, -0.1) is 0 Å². The van der Waals surface area contributed by atoms with Crippen LogP contribution in [0.5, 0.6) is 0 Å². The number of ether oxygens (including phenoxy) is 1. The molecule has 0 aromatic carbocycles. The summed E-state index contributed by atoms with van der Waals surface area (Å²) in [7, 11) is 0. The fraction of sp³-hybridized carbons (Fsp3) is 0.550. The fourth-order valence-electron chi connectivity index (χ4n) is 3.68. The van der Waals surface area contributed by atoms with Crippen LogP contribution in [0.15, 0.2) is 30.6 Å². The van der Waals surface area contributed by atoms with E-state index in [1.165, 1.54) is 25.7 Å². The zero-order valence-corrected chi connectivity index (χ0v) is 15.7. The molecule has 0 amide bonds. The quantitative estimate of drug-likeness (QED) is 0.778. The summed E-state index contributed by atoms with van der Waals surface area (Å²) in [6.45, 7) is 5.50. The van der Waals surface area contributed by atoms with Crippen molar-refractivity contribution in [1.29, 1.82) is 0 Å². The van der Waals surface area contributed by atoms with Crippen molar-refractivity contribution in [2.75, 3.05) is 50.0 Å². The van der Waals surface area contributed by atoms with Gasteiger partial charge in [-0.05, 0) is 25.0 Å². The van der Waals surface area contributed by atoms with Gasteiger partial charge in [0.15, 0.2) is 0 Å². The lowest BCUT2D eigenvalue weighted by atomic mass is 10.2. The van der Waals surface area contributed by atoms with Gasteiger partial charge in [-0.2, -0.15) is 4.98 Å². The fourth-order valence-corrected chi connectivity index (χ4v) is 3.68. The van der Waals surface area contributed by atoms with Gasteiger partial charge in [0.05, 0.1) is 18.9 Å². The van der Waals surface area contributed by atoms with E-state index in [0.717, 1.165) is 56.5 Å². The molecule has 2 aromatic rings. The number of hydrogen-bond acceptors (Lipinski definition) is 7. The third kappa shape index (κ3) is 5.14. The smallest absolute Gasteiger partial charge is 0.225 e. The topological polar surface area (TPSA) is 75.2 Å². The summed E-state index contributed by atoms with van der Waals surface area (Å²) < 4.78 is 5.41. The molecule has 2 fully saturated rings. The largest absolute Gasteiger partial charge is 0.379 e. The van der Waals surface area contributed by atoms with Gasteiger partial charge in [0.2, 0.25) is 5.95 Å². The van der Waals surface area contributed by atoms with Gasteiger partial charge in [0.1, 0.15) is 5.82 Å². The maximum absolute atomic E-state index is 5.41. The molecule has 0 spiro atoms. The zero-order chi connectivity index (χ0) is 18.3. The highest BCUT2D eigenvalue weighted by Gasteiger charge is 2.17. The van der Waals surface area contributed by atoms with Crippen molar-refractivity contribution in [2.45, 2.75) is 31.7 Å². The van der Waals surface area contributed by atoms with Crippen LogP contribution in [0.4, 0.5) is 11.8 Å². The molecule has 0 unspecified atom stereocenters. The summed E-state index contributed by atoms with van der Waals surface area (Å²) >= 11 is 0. The van der Waals surface area contributed by atoms with Gasteiger partial charge in [-0.3, -0.25) is 9.88 Å². The van der Waals surface area contributed by atoms with E-state index in [1.807, 2.05) is 24.4 Å². The standard InChI is InChI=1S/C20H28N6O/c1-2-6-17(5-1)23-20-24-18(16-4-3-7-21-15-16)14-19(25-20)22-8-9-26-10-12-27-13-11-26/h3-4,7,14-15,17H,1-2,5-6,8-13H2,(H2,22,23,24,25). The number of morpholine rings is 1. The highest BCUT2D eigenvalue weighted by atomic mass is 16.5. The van der Waals surface area contributed by atoms with Crippen LogP contribution in [0.1, 0.15) is 25.7 Å². The van der Waals surface area contributed by atoms with E-state index in [0.29, 0.717) is 12.0 Å². The van der Waals surface area contributed by atoms with Crippen LogP contribution in [0, 0.1) is 0 Å². The predicted octanol–water partition coefficient (Wildman–Crippen LogP) is 2.64. The van der Waals surface area contributed by atoms with Crippen LogP contribution < -0.4 is 10.6 Å². The molecule has 1 saturated heterocycles. The minimum absolute atomic E-state index is 0.482. The molecule has 1 aliphatic carbocycles. The van der Waals surface area contributed by atoms with Crippen LogP contribution in [-0.4, -0.2) is 65.3 Å². The third-order valence-electron chi connectivity index (χ3n) is 5.21. The molecule has 2 aliphatic rings. The Morgan fingerprint density at radius 2 is 2.00 bits per heavy atom. The Hall–Kier alpha value is -2.25. The Morgan fingerprint density at radius 3 is 2.78 bits per heavy atom. The summed E-state index contributed by atoms with van der Waals surface area (Å²) in [5, 5.41) is 7.00. The van der Waals surface area contributed by atoms with Crippen LogP contribution in [0.25, 0.3) is 11.3 Å². The monoisotopic (exact) mass is 368 g/mol. The van der Waals surface area contributed by atoms with E-state index in [-0.39, 0.29) is 0 Å². The van der Waals surface area contributed by atoms with E-state index < -0.39 is 0 Å². The maximum Gasteiger partial charge on any atom is 0.225 e. The Balaban J connectivity index is 1.46. The van der Waals surface area contributed by atoms with E-state index >= 15 is 0 Å². The summed E-state index contributed by atoms with van der Waals surface area (Å²) in [5.41, 5.74) is 1.90. The zero-order valence-electron chi connectivity index (χ0n) is 15.7. The van der Waals surface area contributed by atoms with Crippen LogP contribution in [-0.2, 0) is 4.74 Å². The predicted molar refractivity (Wildman–Crippen MR) is 107 cm³/mol. The molecule has 0 bridgehead atoms. The third-order valence-corrected chi connectivity index (χ3v) is 5.21. The molecule has 1 saturated carbocycles. The summed E-state index contributed by atoms with van der Waals surface area (Å²) in [5.74, 6) is 1.56. The van der Waals surface area contributed by atoms with Crippen LogP contribution >= 0.6 is 0 Å². The number of hydrogen-bond donors (Lipinski definition) is 2. The first-order valence-corrected chi connectivity index (χ1v) is 9.97. The number of nitrogens with one attached hydrogen (secondary N) is 2. The Labute approximate surface area is 160 Å². The minimum Gasteiger partial charge on any atom is -0.379 e. The number of anilines is 2. The average molecular weight is 368 g/mol. The van der Waals surface area contributed by atoms with Crippen molar-refractivity contribution in [3.8, 4) is 11.3 Å². The van der Waals surface area contributed by atoms with Gasteiger partial charge in [-0.1, -0.05) is 12.8 Å². The maximum atomic E-state index is 5.41. The van der Waals surface area contributed by atoms with E-state index in [9.17, 15) is 0 Å². The van der Waals surface area contributed by atoms with E-state index in [2.05, 4.69) is 20.5 Å².